The second-order valence-electron chi connectivity index (χ2n) is 5.22. The number of ether oxygens (including phenoxy) is 1. The Labute approximate surface area is 123 Å². The van der Waals surface area contributed by atoms with E-state index in [9.17, 15) is 4.79 Å². The number of carbonyl (C=O) groups is 1. The van der Waals surface area contributed by atoms with Crippen molar-refractivity contribution in [3.05, 3.63) is 48.5 Å². The third kappa shape index (κ3) is 2.76. The van der Waals surface area contributed by atoms with E-state index in [4.69, 9.17) is 9.84 Å². The molecule has 4 heteroatoms. The third-order valence-corrected chi connectivity index (χ3v) is 3.78. The van der Waals surface area contributed by atoms with Gasteiger partial charge in [0.05, 0.1) is 0 Å². The zero-order chi connectivity index (χ0) is 14.8. The van der Waals surface area contributed by atoms with Crippen LogP contribution in [0.15, 0.2) is 43.0 Å². The van der Waals surface area contributed by atoms with Crippen molar-refractivity contribution < 1.29 is 14.6 Å². The Balaban J connectivity index is 1.86. The van der Waals surface area contributed by atoms with Crippen molar-refractivity contribution in [2.24, 2.45) is 0 Å². The lowest BCUT2D eigenvalue weighted by molar-refractivity contribution is -0.139. The number of hydrogen-bond donors (Lipinski definition) is 2. The Bertz CT molecular complexity index is 695. The molecule has 1 saturated heterocycles. The van der Waals surface area contributed by atoms with Crippen LogP contribution in [0.1, 0.15) is 12.0 Å². The van der Waals surface area contributed by atoms with Crippen molar-refractivity contribution in [1.82, 2.24) is 5.32 Å². The van der Waals surface area contributed by atoms with Crippen LogP contribution in [0.25, 0.3) is 16.8 Å². The number of carboxylic acids is 1. The molecule has 0 amide bonds. The van der Waals surface area contributed by atoms with E-state index in [1.165, 1.54) is 0 Å². The lowest BCUT2D eigenvalue weighted by Gasteiger charge is -2.16. The minimum atomic E-state index is -0.830. The molecule has 21 heavy (non-hydrogen) atoms. The highest BCUT2D eigenvalue weighted by atomic mass is 16.5. The van der Waals surface area contributed by atoms with Crippen LogP contribution in [0, 0.1) is 0 Å². The molecule has 2 atom stereocenters. The molecule has 0 saturated carbocycles. The van der Waals surface area contributed by atoms with Crippen LogP contribution in [-0.2, 0) is 4.79 Å². The lowest BCUT2D eigenvalue weighted by Crippen LogP contribution is -2.30. The molecule has 3 rings (SSSR count). The maximum atomic E-state index is 11.0. The Morgan fingerprint density at radius 3 is 2.67 bits per heavy atom. The summed E-state index contributed by atoms with van der Waals surface area (Å²) in [7, 11) is 0. The first kappa shape index (κ1) is 13.6. The van der Waals surface area contributed by atoms with Crippen LogP contribution in [0.3, 0.4) is 0 Å². The largest absolute Gasteiger partial charge is 0.488 e. The minimum absolute atomic E-state index is 0.133. The molecule has 0 radical (unpaired) electrons. The van der Waals surface area contributed by atoms with Crippen molar-refractivity contribution in [2.45, 2.75) is 18.6 Å². The zero-order valence-corrected chi connectivity index (χ0v) is 11.6. The molecule has 1 aliphatic rings. The molecule has 108 valence electrons. The predicted molar refractivity (Wildman–Crippen MR) is 82.5 cm³/mol. The average Bonchev–Trinajstić information content (AvgIpc) is 2.95. The van der Waals surface area contributed by atoms with Gasteiger partial charge in [-0.1, -0.05) is 36.9 Å². The van der Waals surface area contributed by atoms with Gasteiger partial charge in [-0.2, -0.15) is 0 Å². The second kappa shape index (κ2) is 5.58. The van der Waals surface area contributed by atoms with E-state index in [0.29, 0.717) is 13.0 Å². The lowest BCUT2D eigenvalue weighted by atomic mass is 10.1. The van der Waals surface area contributed by atoms with Gasteiger partial charge in [0, 0.05) is 18.5 Å². The number of hydrogen-bond acceptors (Lipinski definition) is 3. The molecule has 0 aliphatic carbocycles. The van der Waals surface area contributed by atoms with Gasteiger partial charge in [0.1, 0.15) is 17.9 Å². The summed E-state index contributed by atoms with van der Waals surface area (Å²) >= 11 is 0. The van der Waals surface area contributed by atoms with Crippen LogP contribution in [-0.4, -0.2) is 29.8 Å². The summed E-state index contributed by atoms with van der Waals surface area (Å²) in [4.78, 5) is 11.0. The van der Waals surface area contributed by atoms with Crippen molar-refractivity contribution in [2.75, 3.05) is 6.54 Å². The molecule has 2 aromatic rings. The third-order valence-electron chi connectivity index (χ3n) is 3.78. The highest BCUT2D eigenvalue weighted by Crippen LogP contribution is 2.29. The van der Waals surface area contributed by atoms with E-state index >= 15 is 0 Å². The number of benzene rings is 2. The quantitative estimate of drug-likeness (QED) is 0.905. The molecule has 1 aliphatic heterocycles. The summed E-state index contributed by atoms with van der Waals surface area (Å²) in [6, 6.07) is 11.6. The molecule has 0 unspecified atom stereocenters. The van der Waals surface area contributed by atoms with Gasteiger partial charge in [-0.25, -0.2) is 0 Å². The molecular formula is C17H17NO3. The fourth-order valence-corrected chi connectivity index (χ4v) is 2.66. The van der Waals surface area contributed by atoms with Crippen molar-refractivity contribution >= 4 is 22.8 Å². The van der Waals surface area contributed by atoms with Crippen LogP contribution in [0.5, 0.6) is 5.75 Å². The Kier molecular flexibility index (Phi) is 3.62. The minimum Gasteiger partial charge on any atom is -0.488 e. The summed E-state index contributed by atoms with van der Waals surface area (Å²) in [5, 5.41) is 14.2. The first-order valence-electron chi connectivity index (χ1n) is 6.95. The standard InChI is InChI=1S/C17H17NO3/c1-2-11-7-12-5-3-4-6-13(12)8-16(11)21-14-9-15(17(19)20)18-10-14/h2-8,14-15,18H,1,9-10H2,(H,19,20)/t14-,15+/m1/s1. The predicted octanol–water partition coefficient (Wildman–Crippen LogP) is 2.68. The van der Waals surface area contributed by atoms with Crippen molar-refractivity contribution in [3.63, 3.8) is 0 Å². The maximum Gasteiger partial charge on any atom is 0.320 e. The van der Waals surface area contributed by atoms with Crippen LogP contribution >= 0.6 is 0 Å². The molecule has 1 fully saturated rings. The Morgan fingerprint density at radius 2 is 2.05 bits per heavy atom. The monoisotopic (exact) mass is 283 g/mol. The number of aliphatic carboxylic acids is 1. The Morgan fingerprint density at radius 1 is 1.33 bits per heavy atom. The van der Waals surface area contributed by atoms with Gasteiger partial charge >= 0.3 is 5.97 Å². The maximum absolute atomic E-state index is 11.0. The summed E-state index contributed by atoms with van der Waals surface area (Å²) in [6.07, 6.45) is 2.10. The van der Waals surface area contributed by atoms with E-state index in [0.717, 1.165) is 22.1 Å². The van der Waals surface area contributed by atoms with Crippen LogP contribution in [0.2, 0.25) is 0 Å². The van der Waals surface area contributed by atoms with E-state index in [-0.39, 0.29) is 6.10 Å². The van der Waals surface area contributed by atoms with Gasteiger partial charge < -0.3 is 15.2 Å². The number of fused-ring (bicyclic) bond motifs is 1. The molecule has 2 aromatic carbocycles. The highest BCUT2D eigenvalue weighted by Gasteiger charge is 2.30. The number of rotatable bonds is 4. The average molecular weight is 283 g/mol. The van der Waals surface area contributed by atoms with Gasteiger partial charge in [0.2, 0.25) is 0 Å². The van der Waals surface area contributed by atoms with Gasteiger partial charge in [-0.15, -0.1) is 0 Å². The summed E-state index contributed by atoms with van der Waals surface area (Å²) < 4.78 is 5.99. The fourth-order valence-electron chi connectivity index (χ4n) is 2.66. The molecule has 4 nitrogen and oxygen atoms in total. The van der Waals surface area contributed by atoms with Crippen molar-refractivity contribution in [3.8, 4) is 5.75 Å². The normalized spacial score (nSPS) is 21.3. The molecule has 1 heterocycles. The van der Waals surface area contributed by atoms with Crippen LogP contribution in [0.4, 0.5) is 0 Å². The second-order valence-corrected chi connectivity index (χ2v) is 5.22. The summed E-state index contributed by atoms with van der Waals surface area (Å²) in [5.74, 6) is -0.0786. The van der Waals surface area contributed by atoms with E-state index in [2.05, 4.69) is 11.9 Å². The number of nitrogens with one attached hydrogen (secondary N) is 1. The van der Waals surface area contributed by atoms with Crippen molar-refractivity contribution in [1.29, 1.82) is 0 Å². The zero-order valence-electron chi connectivity index (χ0n) is 11.6. The molecule has 0 aromatic heterocycles. The SMILES string of the molecule is C=Cc1cc2ccccc2cc1O[C@H]1CN[C@H](C(=O)O)C1. The smallest absolute Gasteiger partial charge is 0.320 e. The fraction of sp³-hybridized carbons (Fsp3) is 0.235. The van der Waals surface area contributed by atoms with Gasteiger partial charge in [0.15, 0.2) is 0 Å². The van der Waals surface area contributed by atoms with Gasteiger partial charge in [-0.3, -0.25) is 4.79 Å². The van der Waals surface area contributed by atoms with E-state index in [1.807, 2.05) is 36.4 Å². The first-order valence-corrected chi connectivity index (χ1v) is 6.95. The molecular weight excluding hydrogens is 266 g/mol. The van der Waals surface area contributed by atoms with Gasteiger partial charge in [-0.05, 0) is 22.9 Å². The van der Waals surface area contributed by atoms with Gasteiger partial charge in [0.25, 0.3) is 0 Å². The highest BCUT2D eigenvalue weighted by molar-refractivity contribution is 5.87. The first-order chi connectivity index (χ1) is 10.2. The molecule has 2 N–H and O–H groups in total. The van der Waals surface area contributed by atoms with Crippen LogP contribution < -0.4 is 10.1 Å². The van der Waals surface area contributed by atoms with E-state index < -0.39 is 12.0 Å². The summed E-state index contributed by atoms with van der Waals surface area (Å²) in [5.41, 5.74) is 0.924. The van der Waals surface area contributed by atoms with E-state index in [1.54, 1.807) is 6.08 Å². The molecule has 0 spiro atoms. The Hall–Kier alpha value is -2.33. The summed E-state index contributed by atoms with van der Waals surface area (Å²) in [6.45, 7) is 4.37. The topological polar surface area (TPSA) is 58.6 Å². The number of carboxylic acid groups (broad SMARTS) is 1. The molecule has 0 bridgehead atoms.